The van der Waals surface area contributed by atoms with Gasteiger partial charge in [-0.1, -0.05) is 0 Å². The van der Waals surface area contributed by atoms with Crippen LogP contribution in [0.3, 0.4) is 0 Å². The molecule has 1 aromatic heterocycles. The topological polar surface area (TPSA) is 78.0 Å². The van der Waals surface area contributed by atoms with Gasteiger partial charge in [0.05, 0.1) is 17.4 Å². The van der Waals surface area contributed by atoms with E-state index in [-0.39, 0.29) is 5.91 Å². The molecular formula is C10H17N3O2. The summed E-state index contributed by atoms with van der Waals surface area (Å²) < 4.78 is 0. The van der Waals surface area contributed by atoms with Crippen LogP contribution in [0.15, 0.2) is 0 Å². The standard InChI is InChI=1S/C10H17N3O2/c1-6(14)4-5-11-10(15)9-7(2)12-13-8(9)3/h6,14H,4-5H2,1-3H3,(H,11,15)(H,12,13). The molecule has 0 saturated carbocycles. The van der Waals surface area contributed by atoms with E-state index in [1.54, 1.807) is 13.8 Å². The van der Waals surface area contributed by atoms with Gasteiger partial charge < -0.3 is 10.4 Å². The third-order valence-corrected chi connectivity index (χ3v) is 2.20. The molecule has 1 atom stereocenters. The van der Waals surface area contributed by atoms with Crippen LogP contribution >= 0.6 is 0 Å². The Kier molecular flexibility index (Phi) is 3.85. The van der Waals surface area contributed by atoms with E-state index in [1.807, 2.05) is 6.92 Å². The van der Waals surface area contributed by atoms with Crippen LogP contribution in [0.5, 0.6) is 0 Å². The van der Waals surface area contributed by atoms with Crippen LogP contribution in [0.2, 0.25) is 0 Å². The Morgan fingerprint density at radius 1 is 1.60 bits per heavy atom. The van der Waals surface area contributed by atoms with Crippen LogP contribution in [-0.2, 0) is 0 Å². The molecule has 1 unspecified atom stereocenters. The normalized spacial score (nSPS) is 12.5. The zero-order chi connectivity index (χ0) is 11.4. The molecule has 15 heavy (non-hydrogen) atoms. The Hall–Kier alpha value is -1.36. The second-order valence-electron chi connectivity index (χ2n) is 3.70. The van der Waals surface area contributed by atoms with E-state index in [0.717, 1.165) is 5.69 Å². The molecule has 0 aromatic carbocycles. The SMILES string of the molecule is Cc1n[nH]c(C)c1C(=O)NCCC(C)O. The van der Waals surface area contributed by atoms with Crippen LogP contribution in [0, 0.1) is 13.8 Å². The molecular weight excluding hydrogens is 194 g/mol. The Bertz CT molecular complexity index is 325. The third kappa shape index (κ3) is 3.06. The summed E-state index contributed by atoms with van der Waals surface area (Å²) in [6, 6.07) is 0. The van der Waals surface area contributed by atoms with Gasteiger partial charge in [0.2, 0.25) is 0 Å². The number of aliphatic hydroxyl groups is 1. The Morgan fingerprint density at radius 2 is 2.27 bits per heavy atom. The van der Waals surface area contributed by atoms with Crippen LogP contribution in [0.1, 0.15) is 35.1 Å². The van der Waals surface area contributed by atoms with E-state index in [2.05, 4.69) is 15.5 Å². The predicted octanol–water partition coefficient (Wildman–Crippen LogP) is 0.527. The van der Waals surface area contributed by atoms with E-state index in [1.165, 1.54) is 0 Å². The van der Waals surface area contributed by atoms with Gasteiger partial charge in [0.1, 0.15) is 0 Å². The summed E-state index contributed by atoms with van der Waals surface area (Å²) >= 11 is 0. The number of aromatic nitrogens is 2. The molecule has 3 N–H and O–H groups in total. The molecule has 0 aliphatic rings. The lowest BCUT2D eigenvalue weighted by Gasteiger charge is -2.06. The number of aryl methyl sites for hydroxylation is 2. The number of nitrogens with zero attached hydrogens (tertiary/aromatic N) is 1. The molecule has 1 heterocycles. The van der Waals surface area contributed by atoms with E-state index in [4.69, 9.17) is 5.11 Å². The Balaban J connectivity index is 2.54. The van der Waals surface area contributed by atoms with Crippen molar-refractivity contribution in [3.05, 3.63) is 17.0 Å². The Labute approximate surface area is 88.9 Å². The second-order valence-corrected chi connectivity index (χ2v) is 3.70. The summed E-state index contributed by atoms with van der Waals surface area (Å²) in [7, 11) is 0. The number of rotatable bonds is 4. The first kappa shape index (κ1) is 11.7. The van der Waals surface area contributed by atoms with Gasteiger partial charge in [0.15, 0.2) is 0 Å². The molecule has 1 aromatic rings. The summed E-state index contributed by atoms with van der Waals surface area (Å²) in [5.74, 6) is -0.139. The monoisotopic (exact) mass is 211 g/mol. The smallest absolute Gasteiger partial charge is 0.255 e. The number of hydrogen-bond acceptors (Lipinski definition) is 3. The van der Waals surface area contributed by atoms with Gasteiger partial charge in [-0.05, 0) is 27.2 Å². The summed E-state index contributed by atoms with van der Waals surface area (Å²) in [5, 5.41) is 18.5. The number of nitrogens with one attached hydrogen (secondary N) is 2. The highest BCUT2D eigenvalue weighted by atomic mass is 16.3. The van der Waals surface area contributed by atoms with Crippen LogP contribution in [0.25, 0.3) is 0 Å². The molecule has 84 valence electrons. The molecule has 0 aliphatic heterocycles. The number of hydrogen-bond donors (Lipinski definition) is 3. The van der Waals surface area contributed by atoms with Crippen molar-refractivity contribution in [1.29, 1.82) is 0 Å². The average Bonchev–Trinajstić information content (AvgIpc) is 2.45. The molecule has 0 aliphatic carbocycles. The fourth-order valence-corrected chi connectivity index (χ4v) is 1.37. The highest BCUT2D eigenvalue weighted by molar-refractivity contribution is 5.96. The van der Waals surface area contributed by atoms with Gasteiger partial charge in [0.25, 0.3) is 5.91 Å². The van der Waals surface area contributed by atoms with Gasteiger partial charge in [-0.3, -0.25) is 9.89 Å². The summed E-state index contributed by atoms with van der Waals surface area (Å²) in [6.45, 7) is 5.76. The minimum absolute atomic E-state index is 0.139. The number of amides is 1. The molecule has 5 heteroatoms. The minimum Gasteiger partial charge on any atom is -0.393 e. The van der Waals surface area contributed by atoms with Crippen LogP contribution in [-0.4, -0.2) is 33.9 Å². The van der Waals surface area contributed by atoms with Crippen molar-refractivity contribution in [3.63, 3.8) is 0 Å². The number of aromatic amines is 1. The maximum absolute atomic E-state index is 11.7. The van der Waals surface area contributed by atoms with Gasteiger partial charge in [-0.2, -0.15) is 5.10 Å². The molecule has 0 spiro atoms. The van der Waals surface area contributed by atoms with Crippen molar-refractivity contribution in [1.82, 2.24) is 15.5 Å². The molecule has 1 amide bonds. The summed E-state index contributed by atoms with van der Waals surface area (Å²) in [4.78, 5) is 11.7. The molecule has 0 fully saturated rings. The van der Waals surface area contributed by atoms with E-state index in [9.17, 15) is 4.79 Å². The number of aliphatic hydroxyl groups excluding tert-OH is 1. The number of carbonyl (C=O) groups is 1. The van der Waals surface area contributed by atoms with Crippen LogP contribution < -0.4 is 5.32 Å². The van der Waals surface area contributed by atoms with E-state index < -0.39 is 6.10 Å². The van der Waals surface area contributed by atoms with Crippen molar-refractivity contribution in [2.24, 2.45) is 0 Å². The minimum atomic E-state index is -0.392. The molecule has 1 rings (SSSR count). The van der Waals surface area contributed by atoms with Gasteiger partial charge in [-0.15, -0.1) is 0 Å². The zero-order valence-electron chi connectivity index (χ0n) is 9.29. The van der Waals surface area contributed by atoms with Gasteiger partial charge in [0, 0.05) is 12.2 Å². The fraction of sp³-hybridized carbons (Fsp3) is 0.600. The van der Waals surface area contributed by atoms with Gasteiger partial charge >= 0.3 is 0 Å². The first-order valence-electron chi connectivity index (χ1n) is 5.00. The molecule has 0 bridgehead atoms. The molecule has 5 nitrogen and oxygen atoms in total. The lowest BCUT2D eigenvalue weighted by atomic mass is 10.2. The Morgan fingerprint density at radius 3 is 2.73 bits per heavy atom. The second kappa shape index (κ2) is 4.93. The van der Waals surface area contributed by atoms with Crippen LogP contribution in [0.4, 0.5) is 0 Å². The largest absolute Gasteiger partial charge is 0.393 e. The molecule has 0 radical (unpaired) electrons. The van der Waals surface area contributed by atoms with Crippen molar-refractivity contribution >= 4 is 5.91 Å². The lowest BCUT2D eigenvalue weighted by Crippen LogP contribution is -2.27. The summed E-state index contributed by atoms with van der Waals surface area (Å²) in [5.41, 5.74) is 2.06. The third-order valence-electron chi connectivity index (χ3n) is 2.20. The molecule has 0 saturated heterocycles. The highest BCUT2D eigenvalue weighted by Gasteiger charge is 2.14. The predicted molar refractivity (Wildman–Crippen MR) is 56.7 cm³/mol. The van der Waals surface area contributed by atoms with E-state index in [0.29, 0.717) is 24.2 Å². The number of H-pyrrole nitrogens is 1. The van der Waals surface area contributed by atoms with Crippen molar-refractivity contribution in [2.45, 2.75) is 33.3 Å². The fourth-order valence-electron chi connectivity index (χ4n) is 1.37. The van der Waals surface area contributed by atoms with Crippen molar-refractivity contribution < 1.29 is 9.90 Å². The maximum Gasteiger partial charge on any atom is 0.255 e. The van der Waals surface area contributed by atoms with Gasteiger partial charge in [-0.25, -0.2) is 0 Å². The lowest BCUT2D eigenvalue weighted by molar-refractivity contribution is 0.0944. The highest BCUT2D eigenvalue weighted by Crippen LogP contribution is 2.08. The van der Waals surface area contributed by atoms with Crippen molar-refractivity contribution in [3.8, 4) is 0 Å². The first-order chi connectivity index (χ1) is 7.02. The zero-order valence-corrected chi connectivity index (χ0v) is 9.29. The quantitative estimate of drug-likeness (QED) is 0.679. The average molecular weight is 211 g/mol. The van der Waals surface area contributed by atoms with E-state index >= 15 is 0 Å². The van der Waals surface area contributed by atoms with Crippen molar-refractivity contribution in [2.75, 3.05) is 6.54 Å². The first-order valence-corrected chi connectivity index (χ1v) is 5.00. The number of carbonyl (C=O) groups excluding carboxylic acids is 1. The maximum atomic E-state index is 11.7. The summed E-state index contributed by atoms with van der Waals surface area (Å²) in [6.07, 6.45) is 0.165.